The zero-order valence-electron chi connectivity index (χ0n) is 18.0. The molecule has 0 atom stereocenters. The second kappa shape index (κ2) is 8.36. The second-order valence-corrected chi connectivity index (χ2v) is 8.86. The number of ketones is 1. The Morgan fingerprint density at radius 3 is 2.41 bits per heavy atom. The second-order valence-electron chi connectivity index (χ2n) is 8.86. The number of rotatable bonds is 3. The number of pyridine rings is 1. The standard InChI is InChI=1S/C24H30N2O3/c1-16-12-20(17(2)27)14-21(13-16)22-15-19(6-9-25-22)18-7-10-26(11-8-18)23(28)29-24(3,4)5/h6,9,12-15,18H,7-8,10-11H2,1-5H3. The number of ether oxygens (including phenoxy) is 1. The molecule has 29 heavy (non-hydrogen) atoms. The van der Waals surface area contributed by atoms with E-state index < -0.39 is 5.60 Å². The van der Waals surface area contributed by atoms with Crippen LogP contribution >= 0.6 is 0 Å². The lowest BCUT2D eigenvalue weighted by Crippen LogP contribution is -2.41. The van der Waals surface area contributed by atoms with Gasteiger partial charge in [0.1, 0.15) is 5.60 Å². The molecule has 5 heteroatoms. The highest BCUT2D eigenvalue weighted by Gasteiger charge is 2.27. The van der Waals surface area contributed by atoms with Crippen molar-refractivity contribution in [2.75, 3.05) is 13.1 Å². The maximum atomic E-state index is 12.3. The summed E-state index contributed by atoms with van der Waals surface area (Å²) in [6.45, 7) is 10.6. The van der Waals surface area contributed by atoms with Gasteiger partial charge in [-0.05, 0) is 94.8 Å². The molecule has 2 heterocycles. The molecule has 1 fully saturated rings. The molecule has 1 saturated heterocycles. The fraction of sp³-hybridized carbons (Fsp3) is 0.458. The third kappa shape index (κ3) is 5.43. The lowest BCUT2D eigenvalue weighted by Gasteiger charge is -2.33. The monoisotopic (exact) mass is 394 g/mol. The number of carbonyl (C=O) groups is 2. The van der Waals surface area contributed by atoms with E-state index >= 15 is 0 Å². The summed E-state index contributed by atoms with van der Waals surface area (Å²) in [5, 5.41) is 0. The van der Waals surface area contributed by atoms with Crippen molar-refractivity contribution in [1.29, 1.82) is 0 Å². The normalized spacial score (nSPS) is 15.3. The minimum Gasteiger partial charge on any atom is -0.444 e. The number of hydrogen-bond acceptors (Lipinski definition) is 4. The summed E-state index contributed by atoms with van der Waals surface area (Å²) in [7, 11) is 0. The van der Waals surface area contributed by atoms with Crippen LogP contribution < -0.4 is 0 Å². The quantitative estimate of drug-likeness (QED) is 0.656. The topological polar surface area (TPSA) is 59.5 Å². The van der Waals surface area contributed by atoms with Gasteiger partial charge in [-0.3, -0.25) is 9.78 Å². The van der Waals surface area contributed by atoms with Crippen LogP contribution in [-0.2, 0) is 4.74 Å². The van der Waals surface area contributed by atoms with Gasteiger partial charge >= 0.3 is 6.09 Å². The molecule has 0 N–H and O–H groups in total. The molecule has 3 rings (SSSR count). The SMILES string of the molecule is CC(=O)c1cc(C)cc(-c2cc(C3CCN(C(=O)OC(C)(C)C)CC3)ccn2)c1. The largest absolute Gasteiger partial charge is 0.444 e. The number of amides is 1. The molecule has 154 valence electrons. The molecule has 1 aromatic carbocycles. The maximum absolute atomic E-state index is 12.3. The summed E-state index contributed by atoms with van der Waals surface area (Å²) < 4.78 is 5.49. The molecule has 1 aliphatic heterocycles. The van der Waals surface area contributed by atoms with Crippen LogP contribution in [0.3, 0.4) is 0 Å². The van der Waals surface area contributed by atoms with E-state index in [9.17, 15) is 9.59 Å². The Hall–Kier alpha value is -2.69. The number of aryl methyl sites for hydroxylation is 1. The van der Waals surface area contributed by atoms with Crippen molar-refractivity contribution in [3.63, 3.8) is 0 Å². The molecule has 0 spiro atoms. The van der Waals surface area contributed by atoms with E-state index in [2.05, 4.69) is 23.2 Å². The van der Waals surface area contributed by atoms with Crippen LogP contribution in [0.2, 0.25) is 0 Å². The third-order valence-corrected chi connectivity index (χ3v) is 5.18. The number of Topliss-reactive ketones (excluding diaryl/α,β-unsaturated/α-hetero) is 1. The summed E-state index contributed by atoms with van der Waals surface area (Å²) in [5.41, 5.74) is 4.35. The highest BCUT2D eigenvalue weighted by Crippen LogP contribution is 2.31. The molecule has 5 nitrogen and oxygen atoms in total. The van der Waals surface area contributed by atoms with Crippen molar-refractivity contribution < 1.29 is 14.3 Å². The van der Waals surface area contributed by atoms with Crippen molar-refractivity contribution in [3.05, 3.63) is 53.2 Å². The Morgan fingerprint density at radius 2 is 1.79 bits per heavy atom. The first-order valence-corrected chi connectivity index (χ1v) is 10.2. The molecule has 2 aromatic rings. The van der Waals surface area contributed by atoms with Crippen LogP contribution in [0, 0.1) is 6.92 Å². The highest BCUT2D eigenvalue weighted by molar-refractivity contribution is 5.95. The average molecular weight is 395 g/mol. The number of piperidine rings is 1. The lowest BCUT2D eigenvalue weighted by molar-refractivity contribution is 0.0204. The first-order chi connectivity index (χ1) is 13.6. The number of carbonyl (C=O) groups excluding carboxylic acids is 2. The molecule has 0 bridgehead atoms. The van der Waals surface area contributed by atoms with Gasteiger partial charge in [0, 0.05) is 30.4 Å². The van der Waals surface area contributed by atoms with Crippen LogP contribution in [0.1, 0.15) is 67.9 Å². The Balaban J connectivity index is 1.73. The van der Waals surface area contributed by atoms with E-state index in [1.165, 1.54) is 5.56 Å². The maximum Gasteiger partial charge on any atom is 0.410 e. The van der Waals surface area contributed by atoms with Gasteiger partial charge in [0.05, 0.1) is 5.69 Å². The molecular weight excluding hydrogens is 364 g/mol. The van der Waals surface area contributed by atoms with Crippen LogP contribution in [0.4, 0.5) is 4.79 Å². The molecule has 0 aliphatic carbocycles. The van der Waals surface area contributed by atoms with Gasteiger partial charge in [0.25, 0.3) is 0 Å². The molecular formula is C24H30N2O3. The highest BCUT2D eigenvalue weighted by atomic mass is 16.6. The van der Waals surface area contributed by atoms with Crippen molar-refractivity contribution >= 4 is 11.9 Å². The smallest absolute Gasteiger partial charge is 0.410 e. The lowest BCUT2D eigenvalue weighted by atomic mass is 9.89. The summed E-state index contributed by atoms with van der Waals surface area (Å²) in [6, 6.07) is 10.0. The zero-order chi connectivity index (χ0) is 21.2. The molecule has 1 aliphatic rings. The Kier molecular flexibility index (Phi) is 6.06. The zero-order valence-corrected chi connectivity index (χ0v) is 18.0. The first kappa shape index (κ1) is 21.0. The Bertz CT molecular complexity index is 907. The molecule has 1 amide bonds. The number of hydrogen-bond donors (Lipinski definition) is 0. The minimum absolute atomic E-state index is 0.0561. The minimum atomic E-state index is -0.472. The van der Waals surface area contributed by atoms with Gasteiger partial charge < -0.3 is 9.64 Å². The van der Waals surface area contributed by atoms with Crippen LogP contribution in [-0.4, -0.2) is 40.5 Å². The summed E-state index contributed by atoms with van der Waals surface area (Å²) in [5.74, 6) is 0.438. The molecule has 1 aromatic heterocycles. The first-order valence-electron chi connectivity index (χ1n) is 10.2. The van der Waals surface area contributed by atoms with Crippen LogP contribution in [0.25, 0.3) is 11.3 Å². The van der Waals surface area contributed by atoms with Gasteiger partial charge in [-0.25, -0.2) is 4.79 Å². The average Bonchev–Trinajstić information content (AvgIpc) is 2.66. The van der Waals surface area contributed by atoms with Crippen LogP contribution in [0.15, 0.2) is 36.5 Å². The fourth-order valence-electron chi connectivity index (χ4n) is 3.71. The summed E-state index contributed by atoms with van der Waals surface area (Å²) in [6.07, 6.45) is 3.40. The van der Waals surface area contributed by atoms with E-state index in [0.717, 1.165) is 29.7 Å². The van der Waals surface area contributed by atoms with E-state index in [4.69, 9.17) is 4.74 Å². The Morgan fingerprint density at radius 1 is 1.10 bits per heavy atom. The van der Waals surface area contributed by atoms with Crippen molar-refractivity contribution in [1.82, 2.24) is 9.88 Å². The predicted molar refractivity (Wildman–Crippen MR) is 114 cm³/mol. The molecule has 0 saturated carbocycles. The summed E-state index contributed by atoms with van der Waals surface area (Å²) >= 11 is 0. The predicted octanol–water partition coefficient (Wildman–Crippen LogP) is 5.37. The van der Waals surface area contributed by atoms with Crippen molar-refractivity contribution in [2.45, 2.75) is 59.0 Å². The van der Waals surface area contributed by atoms with E-state index in [1.54, 1.807) is 11.8 Å². The number of benzene rings is 1. The fourth-order valence-corrected chi connectivity index (χ4v) is 3.71. The van der Waals surface area contributed by atoms with E-state index in [-0.39, 0.29) is 11.9 Å². The van der Waals surface area contributed by atoms with E-state index in [0.29, 0.717) is 24.6 Å². The molecule has 0 radical (unpaired) electrons. The number of aromatic nitrogens is 1. The van der Waals surface area contributed by atoms with Gasteiger partial charge in [0.2, 0.25) is 0 Å². The van der Waals surface area contributed by atoms with Crippen molar-refractivity contribution in [3.8, 4) is 11.3 Å². The van der Waals surface area contributed by atoms with Gasteiger partial charge in [-0.1, -0.05) is 0 Å². The van der Waals surface area contributed by atoms with Gasteiger partial charge in [0.15, 0.2) is 5.78 Å². The molecule has 0 unspecified atom stereocenters. The summed E-state index contributed by atoms with van der Waals surface area (Å²) in [4.78, 5) is 30.4. The van der Waals surface area contributed by atoms with Crippen LogP contribution in [0.5, 0.6) is 0 Å². The number of likely N-dealkylation sites (tertiary alicyclic amines) is 1. The third-order valence-electron chi connectivity index (χ3n) is 5.18. The van der Waals surface area contributed by atoms with Gasteiger partial charge in [-0.2, -0.15) is 0 Å². The number of nitrogens with zero attached hydrogens (tertiary/aromatic N) is 2. The van der Waals surface area contributed by atoms with Crippen molar-refractivity contribution in [2.24, 2.45) is 0 Å². The Labute approximate surface area is 173 Å². The van der Waals surface area contributed by atoms with E-state index in [1.807, 2.05) is 46.0 Å². The van der Waals surface area contributed by atoms with Gasteiger partial charge in [-0.15, -0.1) is 0 Å².